The van der Waals surface area contributed by atoms with Crippen LogP contribution in [0.2, 0.25) is 5.02 Å². The molecular formula is C27H25ClN2O5S2. The topological polar surface area (TPSA) is 102 Å². The van der Waals surface area contributed by atoms with E-state index in [1.165, 1.54) is 36.4 Å². The van der Waals surface area contributed by atoms with Gasteiger partial charge in [0.2, 0.25) is 0 Å². The van der Waals surface area contributed by atoms with Gasteiger partial charge in [-0.15, -0.1) is 0 Å². The number of rotatable bonds is 9. The lowest BCUT2D eigenvalue weighted by Gasteiger charge is -2.17. The highest BCUT2D eigenvalue weighted by Gasteiger charge is 2.21. The molecule has 0 saturated heterocycles. The molecule has 37 heavy (non-hydrogen) atoms. The maximum absolute atomic E-state index is 13.1. The summed E-state index contributed by atoms with van der Waals surface area (Å²) in [6.45, 7) is 3.88. The minimum atomic E-state index is -4.03. The Hall–Kier alpha value is -3.53. The molecule has 0 unspecified atom stereocenters. The molecule has 0 heterocycles. The Bertz CT molecular complexity index is 1620. The fraction of sp³-hybridized carbons (Fsp3) is 0.111. The van der Waals surface area contributed by atoms with Crippen LogP contribution in [0.5, 0.6) is 5.75 Å². The van der Waals surface area contributed by atoms with Gasteiger partial charge in [0, 0.05) is 11.1 Å². The van der Waals surface area contributed by atoms with Gasteiger partial charge in [-0.3, -0.25) is 9.44 Å². The average Bonchev–Trinajstić information content (AvgIpc) is 2.84. The highest BCUT2D eigenvalue weighted by atomic mass is 35.5. The third-order valence-corrected chi connectivity index (χ3v) is 8.43. The van der Waals surface area contributed by atoms with Gasteiger partial charge >= 0.3 is 0 Å². The Morgan fingerprint density at radius 2 is 1.22 bits per heavy atom. The van der Waals surface area contributed by atoms with Gasteiger partial charge in [-0.2, -0.15) is 0 Å². The predicted molar refractivity (Wildman–Crippen MR) is 146 cm³/mol. The van der Waals surface area contributed by atoms with Crippen LogP contribution in [-0.2, 0) is 26.7 Å². The Balaban J connectivity index is 1.67. The van der Waals surface area contributed by atoms with E-state index in [4.69, 9.17) is 16.3 Å². The Morgan fingerprint density at radius 3 is 1.76 bits per heavy atom. The largest absolute Gasteiger partial charge is 0.489 e. The first-order valence-corrected chi connectivity index (χ1v) is 14.6. The van der Waals surface area contributed by atoms with Crippen molar-refractivity contribution in [3.8, 4) is 5.75 Å². The molecule has 0 atom stereocenters. The summed E-state index contributed by atoms with van der Waals surface area (Å²) in [5, 5.41) is 0.563. The second-order valence-corrected chi connectivity index (χ2v) is 12.3. The lowest BCUT2D eigenvalue weighted by Crippen LogP contribution is -2.18. The van der Waals surface area contributed by atoms with Gasteiger partial charge in [0.15, 0.2) is 0 Å². The fourth-order valence-electron chi connectivity index (χ4n) is 3.42. The molecule has 4 rings (SSSR count). The number of halogens is 1. The summed E-state index contributed by atoms with van der Waals surface area (Å²) in [7, 11) is -8.02. The van der Waals surface area contributed by atoms with Gasteiger partial charge in [0.05, 0.1) is 21.2 Å². The summed E-state index contributed by atoms with van der Waals surface area (Å²) in [6, 6.07) is 24.2. The van der Waals surface area contributed by atoms with Crippen molar-refractivity contribution in [2.45, 2.75) is 30.2 Å². The van der Waals surface area contributed by atoms with E-state index in [9.17, 15) is 16.8 Å². The second kappa shape index (κ2) is 10.8. The fourth-order valence-corrected chi connectivity index (χ4v) is 5.79. The van der Waals surface area contributed by atoms with E-state index in [1.54, 1.807) is 48.5 Å². The van der Waals surface area contributed by atoms with Crippen molar-refractivity contribution in [3.05, 3.63) is 113 Å². The first-order valence-electron chi connectivity index (χ1n) is 11.2. The summed E-state index contributed by atoms with van der Waals surface area (Å²) >= 11 is 6.04. The molecule has 0 fully saturated rings. The number of sulfonamides is 2. The monoisotopic (exact) mass is 556 g/mol. The highest BCUT2D eigenvalue weighted by molar-refractivity contribution is 7.93. The zero-order chi connectivity index (χ0) is 26.6. The van der Waals surface area contributed by atoms with Crippen LogP contribution in [-0.4, -0.2) is 16.8 Å². The van der Waals surface area contributed by atoms with Crippen molar-refractivity contribution in [3.63, 3.8) is 0 Å². The van der Waals surface area contributed by atoms with E-state index in [1.807, 2.05) is 19.9 Å². The Kier molecular flexibility index (Phi) is 7.77. The summed E-state index contributed by atoms with van der Waals surface area (Å²) in [6.07, 6.45) is 0. The van der Waals surface area contributed by atoms with Crippen molar-refractivity contribution in [1.29, 1.82) is 0 Å². The number of nitrogens with one attached hydrogen (secondary N) is 2. The van der Waals surface area contributed by atoms with Crippen molar-refractivity contribution in [2.24, 2.45) is 0 Å². The Labute approximate surface area is 222 Å². The highest BCUT2D eigenvalue weighted by Crippen LogP contribution is 2.32. The summed E-state index contributed by atoms with van der Waals surface area (Å²) in [5.74, 6) is 0.333. The molecule has 0 spiro atoms. The van der Waals surface area contributed by atoms with Crippen molar-refractivity contribution in [1.82, 2.24) is 0 Å². The van der Waals surface area contributed by atoms with Crippen molar-refractivity contribution >= 4 is 43.0 Å². The zero-order valence-electron chi connectivity index (χ0n) is 20.1. The number of aryl methyl sites for hydroxylation is 2. The molecule has 7 nitrogen and oxygen atoms in total. The van der Waals surface area contributed by atoms with Crippen molar-refractivity contribution in [2.75, 3.05) is 9.44 Å². The molecule has 2 N–H and O–H groups in total. The van der Waals surface area contributed by atoms with Gasteiger partial charge in [-0.1, -0.05) is 59.1 Å². The van der Waals surface area contributed by atoms with E-state index in [-0.39, 0.29) is 27.8 Å². The van der Waals surface area contributed by atoms with Crippen LogP contribution in [0.15, 0.2) is 101 Å². The maximum atomic E-state index is 13.1. The van der Waals surface area contributed by atoms with Gasteiger partial charge in [-0.05, 0) is 67.9 Å². The molecule has 0 aliphatic rings. The first-order chi connectivity index (χ1) is 17.5. The SMILES string of the molecule is Cc1ccc(S(=O)(=O)Nc2ccc(OCc3cccc(Cl)c3)cc2NS(=O)(=O)c2ccc(C)cc2)cc1. The van der Waals surface area contributed by atoms with Crippen LogP contribution in [0.1, 0.15) is 16.7 Å². The van der Waals surface area contributed by atoms with Crippen molar-refractivity contribution < 1.29 is 21.6 Å². The maximum Gasteiger partial charge on any atom is 0.261 e. The molecule has 0 bridgehead atoms. The molecule has 4 aromatic rings. The van der Waals surface area contributed by atoms with Gasteiger partial charge in [0.1, 0.15) is 12.4 Å². The van der Waals surface area contributed by atoms with Crippen LogP contribution >= 0.6 is 11.6 Å². The lowest BCUT2D eigenvalue weighted by molar-refractivity contribution is 0.306. The minimum absolute atomic E-state index is 0.0138. The predicted octanol–water partition coefficient (Wildman–Crippen LogP) is 6.14. The quantitative estimate of drug-likeness (QED) is 0.258. The van der Waals surface area contributed by atoms with Gasteiger partial charge in [0.25, 0.3) is 20.0 Å². The first kappa shape index (κ1) is 26.5. The molecule has 0 aliphatic carbocycles. The molecular weight excluding hydrogens is 532 g/mol. The number of hydrogen-bond acceptors (Lipinski definition) is 5. The molecule has 0 radical (unpaired) electrons. The van der Waals surface area contributed by atoms with Crippen LogP contribution in [0, 0.1) is 13.8 Å². The average molecular weight is 557 g/mol. The summed E-state index contributed by atoms with van der Waals surface area (Å²) in [4.78, 5) is 0.0856. The molecule has 192 valence electrons. The summed E-state index contributed by atoms with van der Waals surface area (Å²) < 4.78 is 63.1. The smallest absolute Gasteiger partial charge is 0.261 e. The van der Waals surface area contributed by atoms with E-state index in [0.29, 0.717) is 10.8 Å². The van der Waals surface area contributed by atoms with Crippen LogP contribution in [0.4, 0.5) is 11.4 Å². The lowest BCUT2D eigenvalue weighted by atomic mass is 10.2. The van der Waals surface area contributed by atoms with Gasteiger partial charge in [-0.25, -0.2) is 16.8 Å². The van der Waals surface area contributed by atoms with E-state index < -0.39 is 20.0 Å². The van der Waals surface area contributed by atoms with Crippen LogP contribution in [0.3, 0.4) is 0 Å². The second-order valence-electron chi connectivity index (χ2n) is 8.46. The number of ether oxygens (including phenoxy) is 1. The number of hydrogen-bond donors (Lipinski definition) is 2. The molecule has 0 amide bonds. The van der Waals surface area contributed by atoms with Crippen LogP contribution in [0.25, 0.3) is 0 Å². The molecule has 0 aliphatic heterocycles. The van der Waals surface area contributed by atoms with Gasteiger partial charge < -0.3 is 4.74 Å². The third kappa shape index (κ3) is 6.82. The van der Waals surface area contributed by atoms with Crippen LogP contribution < -0.4 is 14.2 Å². The number of benzene rings is 4. The standard InChI is InChI=1S/C27H25ClN2O5S2/c1-19-6-11-24(12-7-19)36(31,32)29-26-15-10-23(35-18-21-4-3-5-22(28)16-21)17-27(26)30-37(33,34)25-13-8-20(2)9-14-25/h3-17,29-30H,18H2,1-2H3. The molecule has 0 aromatic heterocycles. The zero-order valence-corrected chi connectivity index (χ0v) is 22.5. The minimum Gasteiger partial charge on any atom is -0.489 e. The van der Waals surface area contributed by atoms with E-state index >= 15 is 0 Å². The van der Waals surface area contributed by atoms with E-state index in [0.717, 1.165) is 16.7 Å². The number of anilines is 2. The molecule has 4 aromatic carbocycles. The van der Waals surface area contributed by atoms with E-state index in [2.05, 4.69) is 9.44 Å². The Morgan fingerprint density at radius 1 is 0.676 bits per heavy atom. The normalized spacial score (nSPS) is 11.6. The summed E-state index contributed by atoms with van der Waals surface area (Å²) in [5.41, 5.74) is 2.69. The molecule has 10 heteroatoms. The third-order valence-electron chi connectivity index (χ3n) is 5.44. The molecule has 0 saturated carbocycles.